The van der Waals surface area contributed by atoms with E-state index in [2.05, 4.69) is 328 Å². The third-order valence-corrected chi connectivity index (χ3v) is 21.0. The Hall–Kier alpha value is -8.98. The highest BCUT2D eigenvalue weighted by atomic mass is 14.9. The molecule has 0 radical (unpaired) electrons. The second-order valence-corrected chi connectivity index (χ2v) is 33.5. The Morgan fingerprint density at radius 3 is 0.913 bits per heavy atom. The highest BCUT2D eigenvalue weighted by Crippen LogP contribution is 2.55. The number of rotatable bonds is 3. The SMILES string of the molecule is CC(C)(C)c1cc(-c2ccc3c(c2)c2cc4c(c5cc(-c6cc(C(C)(C)C)cc(C(C)(C)C)c6)cc6c7cc8c(cc7n4c65)-c4ccccc4-c4ccccc4-c4ccccc4-8)c4c5cc(-c6cc(C(C)(C)C)cc(C(C)(C)C)c6)ccc5n3c24)cc(C(C)(C)C)c1. The van der Waals surface area contributed by atoms with E-state index in [-0.39, 0.29) is 32.5 Å². The van der Waals surface area contributed by atoms with Crippen LogP contribution in [0.4, 0.5) is 0 Å². The third-order valence-electron chi connectivity index (χ3n) is 21.0. The van der Waals surface area contributed by atoms with Crippen molar-refractivity contribution in [1.82, 2.24) is 8.80 Å². The van der Waals surface area contributed by atoms with Gasteiger partial charge in [-0.1, -0.05) is 264 Å². The summed E-state index contributed by atoms with van der Waals surface area (Å²) in [5, 5.41) is 10.3. The smallest absolute Gasteiger partial charge is 0.0628 e. The van der Waals surface area contributed by atoms with Gasteiger partial charge in [0.15, 0.2) is 0 Å². The maximum absolute atomic E-state index is 2.70. The van der Waals surface area contributed by atoms with Gasteiger partial charge in [0.25, 0.3) is 0 Å². The molecule has 0 spiro atoms. The molecule has 16 rings (SSSR count). The van der Waals surface area contributed by atoms with E-state index < -0.39 is 0 Å². The number of nitrogens with zero attached hydrogens (tertiary/aromatic N) is 2. The van der Waals surface area contributed by atoms with E-state index in [9.17, 15) is 0 Å². The third kappa shape index (κ3) is 8.86. The zero-order chi connectivity index (χ0) is 64.4. The molecule has 0 N–H and O–H groups in total. The monoisotopic (exact) mass is 1190 g/mol. The Morgan fingerprint density at radius 1 is 0.196 bits per heavy atom. The first-order valence-electron chi connectivity index (χ1n) is 33.6. The minimum atomic E-state index is -0.0609. The van der Waals surface area contributed by atoms with Crippen molar-refractivity contribution in [3.8, 4) is 77.9 Å². The lowest BCUT2D eigenvalue weighted by Crippen LogP contribution is -2.16. The first-order chi connectivity index (χ1) is 43.4. The van der Waals surface area contributed by atoms with Crippen molar-refractivity contribution < 1.29 is 0 Å². The van der Waals surface area contributed by atoms with Crippen LogP contribution in [-0.2, 0) is 32.5 Å². The Kier molecular flexibility index (Phi) is 12.2. The molecule has 1 aliphatic carbocycles. The van der Waals surface area contributed by atoms with E-state index in [0.29, 0.717) is 0 Å². The van der Waals surface area contributed by atoms with Crippen molar-refractivity contribution in [1.29, 1.82) is 0 Å². The fourth-order valence-electron chi connectivity index (χ4n) is 15.5. The molecular formula is C90H86N2. The molecule has 0 bridgehead atoms. The van der Waals surface area contributed by atoms with E-state index in [0.717, 1.165) is 0 Å². The fraction of sp³-hybridized carbons (Fsp3) is 0.267. The molecule has 4 heterocycles. The summed E-state index contributed by atoms with van der Waals surface area (Å²) in [6.45, 7) is 42.4. The van der Waals surface area contributed by atoms with Crippen LogP contribution in [0.3, 0.4) is 0 Å². The highest BCUT2D eigenvalue weighted by Gasteiger charge is 2.32. The molecule has 456 valence electrons. The normalized spacial score (nSPS) is 13.5. The second-order valence-electron chi connectivity index (χ2n) is 33.5. The molecular weight excluding hydrogens is 1110 g/mol. The van der Waals surface area contributed by atoms with Crippen molar-refractivity contribution in [2.75, 3.05) is 0 Å². The Morgan fingerprint density at radius 2 is 0.500 bits per heavy atom. The molecule has 0 aliphatic heterocycles. The minimum Gasteiger partial charge on any atom is -0.308 e. The zero-order valence-corrected chi connectivity index (χ0v) is 57.4. The number of fused-ring (bicyclic) bond motifs is 21. The maximum Gasteiger partial charge on any atom is 0.0628 e. The first-order valence-corrected chi connectivity index (χ1v) is 33.6. The quantitative estimate of drug-likeness (QED) is 0.167. The molecule has 0 fully saturated rings. The van der Waals surface area contributed by atoms with Crippen LogP contribution in [0.1, 0.15) is 158 Å². The summed E-state index contributed by atoms with van der Waals surface area (Å²) in [5.41, 5.74) is 33.0. The molecule has 0 saturated heterocycles. The van der Waals surface area contributed by atoms with Crippen molar-refractivity contribution in [3.05, 3.63) is 228 Å². The van der Waals surface area contributed by atoms with Gasteiger partial charge in [-0.15, -0.1) is 0 Å². The lowest BCUT2D eigenvalue weighted by atomic mass is 9.78. The van der Waals surface area contributed by atoms with E-state index in [1.54, 1.807) is 0 Å². The highest BCUT2D eigenvalue weighted by molar-refractivity contribution is 6.39. The molecule has 0 saturated carbocycles. The van der Waals surface area contributed by atoms with Crippen LogP contribution >= 0.6 is 0 Å². The summed E-state index contributed by atoms with van der Waals surface area (Å²) in [6.07, 6.45) is 0. The van der Waals surface area contributed by atoms with Crippen molar-refractivity contribution in [3.63, 3.8) is 0 Å². The number of hydrogen-bond donors (Lipinski definition) is 0. The maximum atomic E-state index is 2.70. The standard InChI is InChI=1S/C90H86N2/c1-85(2,3)57-35-53(36-58(45-57)86(4,5)6)51-31-33-77-71(41-51)74-50-80-81(82-75-42-52(32-34-78(75)91(77)84(74)82)54-37-59(87(7,8)9)46-60(38-54)88(10,11)12)76-44-56(55-39-61(89(13,14)15)47-62(40-55)90(16,17)18)43-73-72-48-69-67-29-23-21-27-65(67)63-25-19-20-26-64(63)66-28-22-24-30-68(66)70(69)49-79(72)92(80)83(73)76/h19-50H,1-18H3. The van der Waals surface area contributed by atoms with Gasteiger partial charge in [-0.05, 0) is 198 Å². The summed E-state index contributed by atoms with van der Waals surface area (Å²) in [4.78, 5) is 0. The van der Waals surface area contributed by atoms with Crippen LogP contribution in [0.25, 0.3) is 154 Å². The summed E-state index contributed by atoms with van der Waals surface area (Å²) in [5.74, 6) is 0. The van der Waals surface area contributed by atoms with Gasteiger partial charge in [-0.25, -0.2) is 0 Å². The van der Waals surface area contributed by atoms with E-state index >= 15 is 0 Å². The Balaban J connectivity index is 1.10. The summed E-state index contributed by atoms with van der Waals surface area (Å²) < 4.78 is 5.33. The number of benzene rings is 11. The lowest BCUT2D eigenvalue weighted by Gasteiger charge is -2.26. The topological polar surface area (TPSA) is 8.82 Å². The van der Waals surface area contributed by atoms with E-state index in [4.69, 9.17) is 0 Å². The molecule has 0 amide bonds. The Labute approximate surface area is 544 Å². The molecule has 2 nitrogen and oxygen atoms in total. The lowest BCUT2D eigenvalue weighted by molar-refractivity contribution is 0.568. The van der Waals surface area contributed by atoms with Crippen LogP contribution in [0, 0.1) is 0 Å². The molecule has 2 heteroatoms. The molecule has 15 aromatic rings. The van der Waals surface area contributed by atoms with Crippen LogP contribution in [-0.4, -0.2) is 8.80 Å². The number of aromatic nitrogens is 2. The average molecular weight is 1200 g/mol. The summed E-state index contributed by atoms with van der Waals surface area (Å²) in [6, 6.07) is 77.2. The predicted octanol–water partition coefficient (Wildman–Crippen LogP) is 25.8. The predicted molar refractivity (Wildman–Crippen MR) is 400 cm³/mol. The fourth-order valence-corrected chi connectivity index (χ4v) is 15.5. The molecule has 11 aromatic carbocycles. The van der Waals surface area contributed by atoms with Gasteiger partial charge in [0.2, 0.25) is 0 Å². The largest absolute Gasteiger partial charge is 0.308 e. The van der Waals surface area contributed by atoms with Crippen molar-refractivity contribution >= 4 is 76.2 Å². The second kappa shape index (κ2) is 19.3. The van der Waals surface area contributed by atoms with Gasteiger partial charge >= 0.3 is 0 Å². The van der Waals surface area contributed by atoms with E-state index in [1.807, 2.05) is 0 Å². The van der Waals surface area contributed by atoms with Crippen LogP contribution in [0.2, 0.25) is 0 Å². The van der Waals surface area contributed by atoms with Gasteiger partial charge in [-0.3, -0.25) is 0 Å². The Bertz CT molecular complexity index is 5510. The van der Waals surface area contributed by atoms with Crippen molar-refractivity contribution in [2.45, 2.75) is 157 Å². The van der Waals surface area contributed by atoms with Gasteiger partial charge in [0.1, 0.15) is 0 Å². The first kappa shape index (κ1) is 58.1. The molecule has 92 heavy (non-hydrogen) atoms. The minimum absolute atomic E-state index is 0.0189. The number of hydrogen-bond acceptors (Lipinski definition) is 0. The van der Waals surface area contributed by atoms with Crippen LogP contribution in [0.5, 0.6) is 0 Å². The van der Waals surface area contributed by atoms with Gasteiger partial charge in [-0.2, -0.15) is 0 Å². The summed E-state index contributed by atoms with van der Waals surface area (Å²) >= 11 is 0. The molecule has 0 unspecified atom stereocenters. The molecule has 4 aromatic heterocycles. The average Bonchev–Trinajstić information content (AvgIpc) is 1.50. The molecule has 0 atom stereocenters. The van der Waals surface area contributed by atoms with Gasteiger partial charge < -0.3 is 8.80 Å². The summed E-state index contributed by atoms with van der Waals surface area (Å²) in [7, 11) is 0. The van der Waals surface area contributed by atoms with Gasteiger partial charge in [0.05, 0.1) is 33.1 Å². The van der Waals surface area contributed by atoms with Gasteiger partial charge in [0, 0.05) is 43.1 Å². The van der Waals surface area contributed by atoms with Crippen LogP contribution < -0.4 is 0 Å². The van der Waals surface area contributed by atoms with E-state index in [1.165, 1.54) is 187 Å². The zero-order valence-electron chi connectivity index (χ0n) is 57.4. The van der Waals surface area contributed by atoms with Crippen LogP contribution in [0.15, 0.2) is 194 Å². The molecule has 1 aliphatic rings. The van der Waals surface area contributed by atoms with Crippen molar-refractivity contribution in [2.24, 2.45) is 0 Å².